The highest BCUT2D eigenvalue weighted by molar-refractivity contribution is 7.70. The zero-order chi connectivity index (χ0) is 30.5. The van der Waals surface area contributed by atoms with Crippen molar-refractivity contribution in [3.63, 3.8) is 0 Å². The third-order valence-corrected chi connectivity index (χ3v) is 8.83. The number of nitrogens with zero attached hydrogens (tertiary/aromatic N) is 6. The van der Waals surface area contributed by atoms with Crippen molar-refractivity contribution in [2.45, 2.75) is 19.9 Å². The molecule has 13 heteroatoms. The van der Waals surface area contributed by atoms with Gasteiger partial charge in [-0.05, 0) is 57.5 Å². The number of hydrogen-bond acceptors (Lipinski definition) is 8. The van der Waals surface area contributed by atoms with Crippen molar-refractivity contribution in [2.75, 3.05) is 37.9 Å². The summed E-state index contributed by atoms with van der Waals surface area (Å²) < 4.78 is 45.2. The van der Waals surface area contributed by atoms with Gasteiger partial charge in [0.1, 0.15) is 30.2 Å². The zero-order valence-electron chi connectivity index (χ0n) is 23.5. The largest absolute Gasteiger partial charge is 0.507 e. The normalized spacial score (nSPS) is 15.7. The first-order chi connectivity index (χ1) is 19.8. The number of carbonyl (C=O) groups excluding carboxylic acids is 1. The van der Waals surface area contributed by atoms with E-state index in [4.69, 9.17) is 0 Å². The van der Waals surface area contributed by atoms with Crippen molar-refractivity contribution in [3.05, 3.63) is 77.0 Å². The van der Waals surface area contributed by atoms with Crippen LogP contribution in [0.25, 0.3) is 28.0 Å². The van der Waals surface area contributed by atoms with Crippen LogP contribution < -0.4 is 15.9 Å². The Morgan fingerprint density at radius 2 is 1.90 bits per heavy atom. The lowest BCUT2D eigenvalue weighted by Gasteiger charge is -2.40. The topological polar surface area (TPSA) is 122 Å². The van der Waals surface area contributed by atoms with Crippen LogP contribution >= 0.6 is 7.14 Å². The lowest BCUT2D eigenvalue weighted by atomic mass is 10.1. The number of phenolic OH excluding ortho intramolecular Hbond substituents is 1. The van der Waals surface area contributed by atoms with E-state index < -0.39 is 41.5 Å². The number of aryl methyl sites for hydroxylation is 1. The number of aromatic hydroxyl groups is 1. The first kappa shape index (κ1) is 29.1. The summed E-state index contributed by atoms with van der Waals surface area (Å²) in [6, 6.07) is 5.85. The number of aromatic nitrogens is 4. The number of anilines is 1. The van der Waals surface area contributed by atoms with Gasteiger partial charge in [-0.15, -0.1) is 0 Å². The number of halogens is 2. The minimum Gasteiger partial charge on any atom is -0.507 e. The maximum Gasteiger partial charge on any atom is 0.355 e. The van der Waals surface area contributed by atoms with Crippen LogP contribution in [0, 0.1) is 18.6 Å². The van der Waals surface area contributed by atoms with E-state index in [1.807, 2.05) is 6.92 Å². The lowest BCUT2D eigenvalue weighted by Crippen LogP contribution is -2.54. The SMILES string of the molecule is C=CC(=O)N1CCN(c2nc(=O)n(-c3c(P(C)(C)=O)ccnc3C)c3nc(-c4c(O)cccc4F)c(F)cc23)[C@@H](C)C1. The van der Waals surface area contributed by atoms with Gasteiger partial charge in [0, 0.05) is 37.2 Å². The summed E-state index contributed by atoms with van der Waals surface area (Å²) in [5.74, 6) is -2.51. The summed E-state index contributed by atoms with van der Waals surface area (Å²) >= 11 is 0. The zero-order valence-corrected chi connectivity index (χ0v) is 24.4. The van der Waals surface area contributed by atoms with Crippen LogP contribution in [-0.4, -0.2) is 74.4 Å². The third kappa shape index (κ3) is 4.96. The Hall–Kier alpha value is -4.44. The van der Waals surface area contributed by atoms with Gasteiger partial charge in [0.05, 0.1) is 22.3 Å². The van der Waals surface area contributed by atoms with Gasteiger partial charge in [-0.25, -0.2) is 23.1 Å². The van der Waals surface area contributed by atoms with Crippen molar-refractivity contribution in [1.82, 2.24) is 24.4 Å². The quantitative estimate of drug-likeness (QED) is 0.275. The minimum atomic E-state index is -2.99. The van der Waals surface area contributed by atoms with Gasteiger partial charge in [0.2, 0.25) is 5.91 Å². The van der Waals surface area contributed by atoms with E-state index >= 15 is 4.39 Å². The maximum absolute atomic E-state index is 15.8. The molecule has 1 amide bonds. The van der Waals surface area contributed by atoms with Crippen molar-refractivity contribution >= 4 is 35.2 Å². The number of rotatable bonds is 5. The number of fused-ring (bicyclic) bond motifs is 1. The number of piperazine rings is 1. The molecule has 42 heavy (non-hydrogen) atoms. The second-order valence-corrected chi connectivity index (χ2v) is 13.7. The molecule has 0 spiro atoms. The molecule has 1 aliphatic rings. The Morgan fingerprint density at radius 3 is 2.55 bits per heavy atom. The third-order valence-electron chi connectivity index (χ3n) is 7.31. The summed E-state index contributed by atoms with van der Waals surface area (Å²) in [5, 5.41) is 10.9. The molecule has 1 fully saturated rings. The molecule has 1 N–H and O–H groups in total. The Kier molecular flexibility index (Phi) is 7.44. The molecule has 0 unspecified atom stereocenters. The summed E-state index contributed by atoms with van der Waals surface area (Å²) in [7, 11) is -2.99. The van der Waals surface area contributed by atoms with E-state index in [9.17, 15) is 23.7 Å². The number of carbonyl (C=O) groups is 1. The molecule has 0 saturated carbocycles. The Bertz CT molecular complexity index is 1850. The first-order valence-corrected chi connectivity index (χ1v) is 15.7. The van der Waals surface area contributed by atoms with Gasteiger partial charge in [-0.1, -0.05) is 12.6 Å². The molecule has 0 bridgehead atoms. The molecule has 0 aliphatic carbocycles. The Morgan fingerprint density at radius 1 is 1.17 bits per heavy atom. The highest BCUT2D eigenvalue weighted by Gasteiger charge is 2.31. The number of benzene rings is 1. The molecule has 3 aromatic heterocycles. The van der Waals surface area contributed by atoms with Crippen molar-refractivity contribution < 1.29 is 23.2 Å². The van der Waals surface area contributed by atoms with Gasteiger partial charge in [-0.3, -0.25) is 9.78 Å². The molecule has 1 aliphatic heterocycles. The molecule has 4 aromatic rings. The predicted octanol–water partition coefficient (Wildman–Crippen LogP) is 3.61. The van der Waals surface area contributed by atoms with Crippen molar-refractivity contribution in [2.24, 2.45) is 0 Å². The van der Waals surface area contributed by atoms with E-state index in [0.717, 1.165) is 16.7 Å². The monoisotopic (exact) mass is 594 g/mol. The molecule has 218 valence electrons. The highest BCUT2D eigenvalue weighted by atomic mass is 31.2. The number of phenols is 1. The van der Waals surface area contributed by atoms with Gasteiger partial charge >= 0.3 is 5.69 Å². The second kappa shape index (κ2) is 10.8. The van der Waals surface area contributed by atoms with E-state index in [1.54, 1.807) is 36.1 Å². The van der Waals surface area contributed by atoms with Crippen molar-refractivity contribution in [1.29, 1.82) is 0 Å². The smallest absolute Gasteiger partial charge is 0.355 e. The molecular weight excluding hydrogens is 565 g/mol. The maximum atomic E-state index is 15.8. The summed E-state index contributed by atoms with van der Waals surface area (Å²) in [4.78, 5) is 42.6. The summed E-state index contributed by atoms with van der Waals surface area (Å²) in [6.07, 6.45) is 2.70. The molecule has 1 saturated heterocycles. The highest BCUT2D eigenvalue weighted by Crippen LogP contribution is 2.39. The number of amides is 1. The lowest BCUT2D eigenvalue weighted by molar-refractivity contribution is -0.126. The fourth-order valence-corrected chi connectivity index (χ4v) is 6.50. The number of hydrogen-bond donors (Lipinski definition) is 1. The molecule has 10 nitrogen and oxygen atoms in total. The first-order valence-electron chi connectivity index (χ1n) is 13.1. The molecule has 0 radical (unpaired) electrons. The summed E-state index contributed by atoms with van der Waals surface area (Å²) in [5.41, 5.74) is -1.36. The average molecular weight is 595 g/mol. The van der Waals surface area contributed by atoms with E-state index in [0.29, 0.717) is 24.1 Å². The predicted molar refractivity (Wildman–Crippen MR) is 157 cm³/mol. The van der Waals surface area contributed by atoms with Crippen LogP contribution in [0.15, 0.2) is 54.0 Å². The van der Waals surface area contributed by atoms with Crippen LogP contribution in [0.2, 0.25) is 0 Å². The standard InChI is InChI=1S/C29H29F2N6O4P/c1-6-23(39)35-12-13-36(16(2)15-35)27-18-14-20(31)25(24-19(30)8-7-9-21(24)38)33-28(18)37(29(40)34-27)26-17(3)32-11-10-22(26)42(4,5)41/h6-11,14,16,38H,1,12-13,15H2,2-5H3/t16-/m0/s1. The van der Waals surface area contributed by atoms with Gasteiger partial charge in [0.25, 0.3) is 0 Å². The Labute approximate surface area is 240 Å². The molecule has 5 rings (SSSR count). The van der Waals surface area contributed by atoms with Crippen LogP contribution in [0.4, 0.5) is 14.6 Å². The van der Waals surface area contributed by atoms with E-state index in [2.05, 4.69) is 21.5 Å². The van der Waals surface area contributed by atoms with E-state index in [1.165, 1.54) is 24.4 Å². The molecule has 1 atom stereocenters. The van der Waals surface area contributed by atoms with E-state index in [-0.39, 0.29) is 41.0 Å². The molecule has 1 aromatic carbocycles. The summed E-state index contributed by atoms with van der Waals surface area (Å²) in [6.45, 7) is 11.0. The fraction of sp³-hybridized carbons (Fsp3) is 0.276. The fourth-order valence-electron chi connectivity index (χ4n) is 5.31. The van der Waals surface area contributed by atoms with Crippen LogP contribution in [0.1, 0.15) is 12.6 Å². The average Bonchev–Trinajstić information content (AvgIpc) is 2.92. The Balaban J connectivity index is 1.86. The van der Waals surface area contributed by atoms with Crippen LogP contribution in [0.5, 0.6) is 5.75 Å². The van der Waals surface area contributed by atoms with Gasteiger partial charge in [-0.2, -0.15) is 4.98 Å². The number of pyridine rings is 2. The minimum absolute atomic E-state index is 0.0911. The molecular formula is C29H29F2N6O4P. The van der Waals surface area contributed by atoms with Crippen LogP contribution in [0.3, 0.4) is 0 Å². The van der Waals surface area contributed by atoms with Crippen molar-refractivity contribution in [3.8, 4) is 22.7 Å². The second-order valence-electron chi connectivity index (χ2n) is 10.5. The van der Waals surface area contributed by atoms with Gasteiger partial charge < -0.3 is 19.5 Å². The van der Waals surface area contributed by atoms with Gasteiger partial charge in [0.15, 0.2) is 11.5 Å². The molecule has 4 heterocycles. The van der Waals surface area contributed by atoms with Crippen LogP contribution in [-0.2, 0) is 9.36 Å².